The molecule has 69 heavy (non-hydrogen) atoms. The Bertz CT molecular complexity index is 1250. The smallest absolute Gasteiger partial charge is 0.306 e. The van der Waals surface area contributed by atoms with Gasteiger partial charge in [-0.05, 0) is 64.2 Å². The van der Waals surface area contributed by atoms with Crippen LogP contribution < -0.4 is 0 Å². The molecule has 0 radical (unpaired) electrons. The lowest BCUT2D eigenvalue weighted by molar-refractivity contribution is -0.167. The standard InChI is InChI=1S/C63H112O6/c1-4-7-10-13-16-19-22-24-26-27-28-29-30-31-32-33-34-35-36-37-38-40-41-44-47-50-53-56-62(65)68-59-60(58-67-61(64)55-52-49-46-43-21-18-15-12-9-6-3)69-63(66)57-54-51-48-45-42-39-25-23-20-17-14-11-8-5-2/h7,10,16,19,24,26,28-29,31-32,60H,4-6,8-9,11-15,17-18,20-23,25,27,30,33-59H2,1-3H3/b10-7-,19-16-,26-24-,29-28-,32-31-. The summed E-state index contributed by atoms with van der Waals surface area (Å²) in [6, 6.07) is 0. The highest BCUT2D eigenvalue weighted by atomic mass is 16.6. The van der Waals surface area contributed by atoms with Gasteiger partial charge in [0.2, 0.25) is 0 Å². The molecule has 0 spiro atoms. The number of ether oxygens (including phenoxy) is 3. The first-order chi connectivity index (χ1) is 34.0. The van der Waals surface area contributed by atoms with Crippen molar-refractivity contribution in [2.75, 3.05) is 13.2 Å². The van der Waals surface area contributed by atoms with Crippen LogP contribution in [0.4, 0.5) is 0 Å². The Kier molecular flexibility index (Phi) is 55.3. The van der Waals surface area contributed by atoms with E-state index in [-0.39, 0.29) is 31.1 Å². The van der Waals surface area contributed by atoms with Gasteiger partial charge in [-0.25, -0.2) is 0 Å². The molecule has 0 aromatic rings. The summed E-state index contributed by atoms with van der Waals surface area (Å²) >= 11 is 0. The predicted molar refractivity (Wildman–Crippen MR) is 298 cm³/mol. The van der Waals surface area contributed by atoms with E-state index in [1.807, 2.05) is 0 Å². The summed E-state index contributed by atoms with van der Waals surface area (Å²) in [4.78, 5) is 38.1. The van der Waals surface area contributed by atoms with Crippen molar-refractivity contribution in [3.63, 3.8) is 0 Å². The molecule has 0 bridgehead atoms. The molecular weight excluding hydrogens is 853 g/mol. The molecule has 0 N–H and O–H groups in total. The van der Waals surface area contributed by atoms with E-state index in [2.05, 4.69) is 81.5 Å². The molecule has 0 aliphatic carbocycles. The van der Waals surface area contributed by atoms with E-state index in [0.29, 0.717) is 19.3 Å². The van der Waals surface area contributed by atoms with Crippen molar-refractivity contribution in [2.24, 2.45) is 0 Å². The fourth-order valence-electron chi connectivity index (χ4n) is 8.59. The Hall–Kier alpha value is -2.89. The minimum Gasteiger partial charge on any atom is -0.462 e. The number of hydrogen-bond donors (Lipinski definition) is 0. The van der Waals surface area contributed by atoms with Gasteiger partial charge in [0.25, 0.3) is 0 Å². The minimum absolute atomic E-state index is 0.0700. The molecule has 0 amide bonds. The lowest BCUT2D eigenvalue weighted by Gasteiger charge is -2.18. The first kappa shape index (κ1) is 66.1. The number of esters is 3. The number of unbranched alkanes of at least 4 members (excludes halogenated alkanes) is 33. The van der Waals surface area contributed by atoms with E-state index in [9.17, 15) is 14.4 Å². The Morgan fingerprint density at radius 3 is 0.884 bits per heavy atom. The van der Waals surface area contributed by atoms with Gasteiger partial charge in [0, 0.05) is 19.3 Å². The summed E-state index contributed by atoms with van der Waals surface area (Å²) in [5.41, 5.74) is 0. The summed E-state index contributed by atoms with van der Waals surface area (Å²) in [6.45, 7) is 6.54. The van der Waals surface area contributed by atoms with Crippen molar-refractivity contribution in [1.29, 1.82) is 0 Å². The Balaban J connectivity index is 4.19. The molecule has 1 unspecified atom stereocenters. The van der Waals surface area contributed by atoms with Crippen LogP contribution in [0.25, 0.3) is 0 Å². The number of carbonyl (C=O) groups excluding carboxylic acids is 3. The summed E-state index contributed by atoms with van der Waals surface area (Å²) in [5, 5.41) is 0. The van der Waals surface area contributed by atoms with E-state index in [1.165, 1.54) is 173 Å². The van der Waals surface area contributed by atoms with Gasteiger partial charge in [-0.2, -0.15) is 0 Å². The lowest BCUT2D eigenvalue weighted by Crippen LogP contribution is -2.30. The molecule has 400 valence electrons. The second-order valence-electron chi connectivity index (χ2n) is 19.9. The van der Waals surface area contributed by atoms with Gasteiger partial charge < -0.3 is 14.2 Å². The van der Waals surface area contributed by atoms with Gasteiger partial charge in [-0.3, -0.25) is 14.4 Å². The average molecular weight is 966 g/mol. The van der Waals surface area contributed by atoms with Crippen LogP contribution in [-0.2, 0) is 28.6 Å². The summed E-state index contributed by atoms with van der Waals surface area (Å²) in [5.74, 6) is -0.860. The zero-order valence-electron chi connectivity index (χ0n) is 45.8. The molecule has 0 rings (SSSR count). The van der Waals surface area contributed by atoms with Crippen molar-refractivity contribution >= 4 is 17.9 Å². The van der Waals surface area contributed by atoms with Crippen LogP contribution in [0.1, 0.15) is 303 Å². The Morgan fingerprint density at radius 1 is 0.304 bits per heavy atom. The highest BCUT2D eigenvalue weighted by molar-refractivity contribution is 5.71. The molecule has 0 saturated heterocycles. The molecular formula is C63H112O6. The first-order valence-corrected chi connectivity index (χ1v) is 29.8. The maximum Gasteiger partial charge on any atom is 0.306 e. The lowest BCUT2D eigenvalue weighted by atomic mass is 10.0. The quantitative estimate of drug-likeness (QED) is 0.0262. The van der Waals surface area contributed by atoms with Gasteiger partial charge >= 0.3 is 17.9 Å². The van der Waals surface area contributed by atoms with Crippen molar-refractivity contribution < 1.29 is 28.6 Å². The summed E-state index contributed by atoms with van der Waals surface area (Å²) in [7, 11) is 0. The van der Waals surface area contributed by atoms with Crippen molar-refractivity contribution in [1.82, 2.24) is 0 Å². The molecule has 0 aromatic heterocycles. The van der Waals surface area contributed by atoms with Crippen LogP contribution in [0.2, 0.25) is 0 Å². The van der Waals surface area contributed by atoms with Gasteiger partial charge in [0.1, 0.15) is 13.2 Å². The van der Waals surface area contributed by atoms with Crippen molar-refractivity contribution in [3.05, 3.63) is 60.8 Å². The van der Waals surface area contributed by atoms with Crippen molar-refractivity contribution in [2.45, 2.75) is 309 Å². The van der Waals surface area contributed by atoms with E-state index in [1.54, 1.807) is 0 Å². The van der Waals surface area contributed by atoms with Crippen LogP contribution in [-0.4, -0.2) is 37.2 Å². The van der Waals surface area contributed by atoms with E-state index < -0.39 is 6.10 Å². The summed E-state index contributed by atoms with van der Waals surface area (Å²) in [6.07, 6.45) is 72.2. The van der Waals surface area contributed by atoms with Gasteiger partial charge in [-0.15, -0.1) is 0 Å². The zero-order valence-corrected chi connectivity index (χ0v) is 45.8. The number of rotatable bonds is 54. The predicted octanol–water partition coefficient (Wildman–Crippen LogP) is 20.0. The third kappa shape index (κ3) is 55.9. The molecule has 0 heterocycles. The monoisotopic (exact) mass is 965 g/mol. The van der Waals surface area contributed by atoms with E-state index in [4.69, 9.17) is 14.2 Å². The normalized spacial score (nSPS) is 12.4. The Labute approximate surface area is 428 Å². The van der Waals surface area contributed by atoms with Gasteiger partial charge in [0.15, 0.2) is 6.10 Å². The maximum atomic E-state index is 12.8. The molecule has 6 heteroatoms. The second kappa shape index (κ2) is 57.7. The highest BCUT2D eigenvalue weighted by Gasteiger charge is 2.19. The highest BCUT2D eigenvalue weighted by Crippen LogP contribution is 2.17. The minimum atomic E-state index is -0.770. The topological polar surface area (TPSA) is 78.9 Å². The number of carbonyl (C=O) groups is 3. The summed E-state index contributed by atoms with van der Waals surface area (Å²) < 4.78 is 16.9. The number of hydrogen-bond acceptors (Lipinski definition) is 6. The molecule has 0 aromatic carbocycles. The number of allylic oxidation sites excluding steroid dienone is 10. The molecule has 1 atom stereocenters. The van der Waals surface area contributed by atoms with Gasteiger partial charge in [-0.1, -0.05) is 281 Å². The third-order valence-corrected chi connectivity index (χ3v) is 13.0. The molecule has 0 fully saturated rings. The largest absolute Gasteiger partial charge is 0.462 e. The fraction of sp³-hybridized carbons (Fsp3) is 0.794. The fourth-order valence-corrected chi connectivity index (χ4v) is 8.59. The first-order valence-electron chi connectivity index (χ1n) is 29.8. The van der Waals surface area contributed by atoms with E-state index >= 15 is 0 Å². The third-order valence-electron chi connectivity index (χ3n) is 13.0. The maximum absolute atomic E-state index is 12.8. The van der Waals surface area contributed by atoms with Crippen LogP contribution in [0.15, 0.2) is 60.8 Å². The molecule has 0 aliphatic heterocycles. The van der Waals surface area contributed by atoms with Crippen LogP contribution in [0, 0.1) is 0 Å². The molecule has 0 aliphatic rings. The second-order valence-corrected chi connectivity index (χ2v) is 19.9. The Morgan fingerprint density at radius 2 is 0.565 bits per heavy atom. The van der Waals surface area contributed by atoms with Crippen LogP contribution in [0.5, 0.6) is 0 Å². The van der Waals surface area contributed by atoms with Gasteiger partial charge in [0.05, 0.1) is 0 Å². The van der Waals surface area contributed by atoms with Crippen molar-refractivity contribution in [3.8, 4) is 0 Å². The molecule has 6 nitrogen and oxygen atoms in total. The zero-order chi connectivity index (χ0) is 50.0. The average Bonchev–Trinajstić information content (AvgIpc) is 3.35. The van der Waals surface area contributed by atoms with Crippen LogP contribution in [0.3, 0.4) is 0 Å². The van der Waals surface area contributed by atoms with Crippen LogP contribution >= 0.6 is 0 Å². The SMILES string of the molecule is CC/C=C\C/C=C\C/C=C\C/C=C\C/C=C\CCCCCCCCCCCCCC(=O)OCC(COC(=O)CCCCCCCCCCCC)OC(=O)CCCCCCCCCCCCCCCC. The van der Waals surface area contributed by atoms with E-state index in [0.717, 1.165) is 89.9 Å². The molecule has 0 saturated carbocycles.